The van der Waals surface area contributed by atoms with Crippen molar-refractivity contribution in [3.8, 4) is 78.4 Å². The molecule has 9 aromatic rings. The summed E-state index contributed by atoms with van der Waals surface area (Å²) in [6.07, 6.45) is 6.30. The lowest BCUT2D eigenvalue weighted by molar-refractivity contribution is 0.353. The SMILES string of the molecule is c1ccc(-c2cccc(-c3cc(-c4ccccc4-c4cccc(-c5cccc6c5-c5cc7ccccc7cc5C65CCCCC5)c4)nc(-c4ccccc4)n3)c2)cc1. The molecule has 2 aliphatic carbocycles. The molecule has 0 saturated heterocycles. The second-order valence-corrected chi connectivity index (χ2v) is 16.0. The van der Waals surface area contributed by atoms with E-state index in [0.717, 1.165) is 39.2 Å². The minimum atomic E-state index is 0.0783. The lowest BCUT2D eigenvalue weighted by atomic mass is 9.67. The van der Waals surface area contributed by atoms with Crippen LogP contribution in [0.2, 0.25) is 0 Å². The number of fused-ring (bicyclic) bond motifs is 6. The van der Waals surface area contributed by atoms with Crippen LogP contribution in [-0.2, 0) is 5.41 Å². The van der Waals surface area contributed by atoms with Crippen LogP contribution < -0.4 is 0 Å². The highest BCUT2D eigenvalue weighted by atomic mass is 14.9. The van der Waals surface area contributed by atoms with Crippen LogP contribution in [0.1, 0.15) is 43.2 Å². The minimum Gasteiger partial charge on any atom is -0.228 e. The van der Waals surface area contributed by atoms with Crippen LogP contribution in [-0.4, -0.2) is 9.97 Å². The molecule has 2 aliphatic rings. The highest BCUT2D eigenvalue weighted by molar-refractivity contribution is 5.99. The zero-order chi connectivity index (χ0) is 38.5. The normalized spacial score (nSPS) is 14.0. The fourth-order valence-electron chi connectivity index (χ4n) is 9.91. The van der Waals surface area contributed by atoms with E-state index in [9.17, 15) is 0 Å². The summed E-state index contributed by atoms with van der Waals surface area (Å²) in [7, 11) is 0. The Kier molecular flexibility index (Phi) is 8.43. The summed E-state index contributed by atoms with van der Waals surface area (Å²) in [5.41, 5.74) is 18.1. The summed E-state index contributed by atoms with van der Waals surface area (Å²) in [4.78, 5) is 10.5. The van der Waals surface area contributed by atoms with Gasteiger partial charge in [-0.25, -0.2) is 9.97 Å². The molecule has 2 heteroatoms. The Morgan fingerprint density at radius 2 is 0.879 bits per heavy atom. The first-order chi connectivity index (χ1) is 28.7. The lowest BCUT2D eigenvalue weighted by Crippen LogP contribution is -2.28. The van der Waals surface area contributed by atoms with Gasteiger partial charge in [0.15, 0.2) is 5.82 Å². The van der Waals surface area contributed by atoms with Gasteiger partial charge in [-0.2, -0.15) is 0 Å². The van der Waals surface area contributed by atoms with Gasteiger partial charge in [-0.05, 0) is 110 Å². The fourth-order valence-corrected chi connectivity index (χ4v) is 9.91. The molecule has 11 rings (SSSR count). The summed E-state index contributed by atoms with van der Waals surface area (Å²) in [6.45, 7) is 0. The van der Waals surface area contributed by atoms with E-state index in [1.165, 1.54) is 87.4 Å². The molecule has 0 unspecified atom stereocenters. The van der Waals surface area contributed by atoms with E-state index in [1.54, 1.807) is 0 Å². The third-order valence-corrected chi connectivity index (χ3v) is 12.7. The number of hydrogen-bond donors (Lipinski definition) is 0. The number of aromatic nitrogens is 2. The number of rotatable bonds is 6. The summed E-state index contributed by atoms with van der Waals surface area (Å²) >= 11 is 0. The van der Waals surface area contributed by atoms with Gasteiger partial charge < -0.3 is 0 Å². The Labute approximate surface area is 340 Å². The van der Waals surface area contributed by atoms with Crippen LogP contribution in [0.5, 0.6) is 0 Å². The van der Waals surface area contributed by atoms with Gasteiger partial charge in [0, 0.05) is 22.1 Å². The van der Waals surface area contributed by atoms with Gasteiger partial charge in [0.2, 0.25) is 0 Å². The number of benzene rings is 8. The molecule has 1 spiro atoms. The van der Waals surface area contributed by atoms with Crippen LogP contribution >= 0.6 is 0 Å². The van der Waals surface area contributed by atoms with E-state index >= 15 is 0 Å². The second-order valence-electron chi connectivity index (χ2n) is 16.0. The number of nitrogens with zero attached hydrogens (tertiary/aromatic N) is 2. The van der Waals surface area contributed by atoms with E-state index < -0.39 is 0 Å². The Morgan fingerprint density at radius 3 is 1.66 bits per heavy atom. The molecular weight excluding hydrogens is 701 g/mol. The predicted molar refractivity (Wildman–Crippen MR) is 241 cm³/mol. The first-order valence-corrected chi connectivity index (χ1v) is 20.7. The summed E-state index contributed by atoms with van der Waals surface area (Å²) in [6, 6.07) is 70.5. The predicted octanol–water partition coefficient (Wildman–Crippen LogP) is 14.9. The van der Waals surface area contributed by atoms with Crippen molar-refractivity contribution in [2.24, 2.45) is 0 Å². The second kappa shape index (κ2) is 14.2. The molecule has 58 heavy (non-hydrogen) atoms. The van der Waals surface area contributed by atoms with Crippen molar-refractivity contribution in [1.29, 1.82) is 0 Å². The Bertz CT molecular complexity index is 2970. The smallest absolute Gasteiger partial charge is 0.160 e. The van der Waals surface area contributed by atoms with Crippen molar-refractivity contribution in [3.05, 3.63) is 205 Å². The highest BCUT2D eigenvalue weighted by Gasteiger charge is 2.44. The van der Waals surface area contributed by atoms with Gasteiger partial charge in [0.1, 0.15) is 0 Å². The molecule has 0 amide bonds. The molecule has 0 radical (unpaired) electrons. The van der Waals surface area contributed by atoms with E-state index in [4.69, 9.17) is 9.97 Å². The summed E-state index contributed by atoms with van der Waals surface area (Å²) in [5.74, 6) is 0.712. The third kappa shape index (κ3) is 5.87. The molecule has 0 aliphatic heterocycles. The molecule has 0 N–H and O–H groups in total. The highest BCUT2D eigenvalue weighted by Crippen LogP contribution is 2.58. The van der Waals surface area contributed by atoms with Crippen LogP contribution in [0.4, 0.5) is 0 Å². The quantitative estimate of drug-likeness (QED) is 0.170. The maximum Gasteiger partial charge on any atom is 0.160 e. The first kappa shape index (κ1) is 34.4. The molecule has 1 heterocycles. The molecule has 0 bridgehead atoms. The van der Waals surface area contributed by atoms with E-state index in [-0.39, 0.29) is 5.41 Å². The number of hydrogen-bond acceptors (Lipinski definition) is 2. The van der Waals surface area contributed by atoms with E-state index in [1.807, 2.05) is 6.07 Å². The molecule has 1 fully saturated rings. The molecular formula is C56H42N2. The lowest BCUT2D eigenvalue weighted by Gasteiger charge is -2.36. The first-order valence-electron chi connectivity index (χ1n) is 20.7. The molecule has 8 aromatic carbocycles. The minimum absolute atomic E-state index is 0.0783. The largest absolute Gasteiger partial charge is 0.228 e. The molecule has 1 saturated carbocycles. The zero-order valence-corrected chi connectivity index (χ0v) is 32.4. The van der Waals surface area contributed by atoms with Gasteiger partial charge in [0.05, 0.1) is 11.4 Å². The van der Waals surface area contributed by atoms with E-state index in [2.05, 4.69) is 188 Å². The molecule has 1 aromatic heterocycles. The average Bonchev–Trinajstić information content (AvgIpc) is 3.56. The summed E-state index contributed by atoms with van der Waals surface area (Å²) in [5, 5.41) is 2.65. The van der Waals surface area contributed by atoms with Crippen molar-refractivity contribution in [3.63, 3.8) is 0 Å². The fraction of sp³-hybridized carbons (Fsp3) is 0.107. The van der Waals surface area contributed by atoms with Gasteiger partial charge in [0.25, 0.3) is 0 Å². The Balaban J connectivity index is 1.05. The van der Waals surface area contributed by atoms with Crippen LogP contribution in [0.3, 0.4) is 0 Å². The molecule has 2 nitrogen and oxygen atoms in total. The van der Waals surface area contributed by atoms with Gasteiger partial charge >= 0.3 is 0 Å². The summed E-state index contributed by atoms with van der Waals surface area (Å²) < 4.78 is 0. The Morgan fingerprint density at radius 1 is 0.328 bits per heavy atom. The van der Waals surface area contributed by atoms with Crippen LogP contribution in [0.25, 0.3) is 89.2 Å². The van der Waals surface area contributed by atoms with Crippen molar-refractivity contribution >= 4 is 10.8 Å². The monoisotopic (exact) mass is 742 g/mol. The van der Waals surface area contributed by atoms with Crippen LogP contribution in [0, 0.1) is 0 Å². The molecule has 0 atom stereocenters. The zero-order valence-electron chi connectivity index (χ0n) is 32.4. The average molecular weight is 743 g/mol. The van der Waals surface area contributed by atoms with Gasteiger partial charge in [-0.15, -0.1) is 0 Å². The van der Waals surface area contributed by atoms with Gasteiger partial charge in [-0.3, -0.25) is 0 Å². The molecule has 276 valence electrons. The third-order valence-electron chi connectivity index (χ3n) is 12.7. The van der Waals surface area contributed by atoms with Crippen molar-refractivity contribution in [2.75, 3.05) is 0 Å². The topological polar surface area (TPSA) is 25.8 Å². The standard InChI is InChI=1S/C56H42N2/c1-4-17-38(18-5-1)40-23-14-26-45(33-40)52-37-53(58-55(57-52)39-19-6-2-7-20-39)48-28-11-10-27-46(48)43-24-15-25-44(34-43)47-29-16-30-50-54(47)49-35-41-21-8-9-22-42(41)36-51(49)56(50)31-12-3-13-32-56/h1-2,4-11,14-30,33-37H,3,12-13,31-32H2. The van der Waals surface area contributed by atoms with Crippen molar-refractivity contribution in [1.82, 2.24) is 9.97 Å². The van der Waals surface area contributed by atoms with Crippen molar-refractivity contribution in [2.45, 2.75) is 37.5 Å². The van der Waals surface area contributed by atoms with Crippen LogP contribution in [0.15, 0.2) is 194 Å². The van der Waals surface area contributed by atoms with E-state index in [0.29, 0.717) is 5.82 Å². The maximum absolute atomic E-state index is 5.28. The van der Waals surface area contributed by atoms with Crippen molar-refractivity contribution < 1.29 is 0 Å². The van der Waals surface area contributed by atoms with Gasteiger partial charge in [-0.1, -0.05) is 183 Å². The Hall–Kier alpha value is -6.90. The maximum atomic E-state index is 5.28.